The summed E-state index contributed by atoms with van der Waals surface area (Å²) in [6, 6.07) is 18.3. The van der Waals surface area contributed by atoms with Gasteiger partial charge in [0.2, 0.25) is 20.0 Å². The number of carbonyl (C=O) groups is 3. The standard InChI is InChI=1S/C9H9Cl2NO4S.C6H3BrCl2.2C6H5Cl2NO2S.C3H5ClO2.CH2O3.2K.H/c1-2-16-9(13)12-17(14,15)8-6(10)4-3-5-7(8)11;7-6-4(8)2-1-3-5(6)9;2*7-4-2-1-3-5(8)6(4)12(9,10)11;1-2-6-3(4)5;2-1-4-3;;;/h3-5H,2H2,1H3,(H,12,13);1-3H;2*1-3H,(H2,9,10,11);2H2,1H3;1,3H;;;/q;;;;;;2*+1;-1/p-1. The van der Waals surface area contributed by atoms with Crippen LogP contribution in [0.4, 0.5) is 9.59 Å². The largest absolute Gasteiger partial charge is 1.00 e. The number of sulfonamides is 3. The molecular weight excluding hydrogens is 1200 g/mol. The van der Waals surface area contributed by atoms with Gasteiger partial charge in [-0.25, -0.2) is 49.8 Å². The SMILES string of the molecule is CCOC(=O)Cl.CCOC(=O)NS(=O)(=O)c1c(Cl)cccc1Cl.Clc1cccc(Cl)c1Br.NS(=O)(=O)c1c(Cl)cccc1Cl.NS(=O)(=O)c1c(Cl)cccc1Cl.O=CO[O-].[H-].[K+].[K+]. The molecule has 4 aromatic carbocycles. The average molecular weight is 1220 g/mol. The molecule has 4 rings (SSSR count). The first-order valence-electron chi connectivity index (χ1n) is 14.8. The molecule has 0 aliphatic carbocycles. The number of carbonyl (C=O) groups excluding carboxylic acids is 3. The number of nitrogens with two attached hydrogens (primary N) is 2. The maximum absolute atomic E-state index is 11.8. The van der Waals surface area contributed by atoms with E-state index in [2.05, 4.69) is 30.3 Å². The molecule has 0 fully saturated rings. The Balaban J connectivity index is -0.000000221. The van der Waals surface area contributed by atoms with Gasteiger partial charge in [0.25, 0.3) is 16.5 Å². The monoisotopic (exact) mass is 1220 g/mol. The molecule has 0 aliphatic heterocycles. The molecular formula is C31H29BrCl9K2N3O13S3. The van der Waals surface area contributed by atoms with Gasteiger partial charge in [-0.3, -0.25) is 4.79 Å². The van der Waals surface area contributed by atoms with E-state index in [4.69, 9.17) is 125 Å². The minimum absolute atomic E-state index is 0. The molecule has 0 unspecified atom stereocenters. The molecule has 0 radical (unpaired) electrons. The summed E-state index contributed by atoms with van der Waals surface area (Å²) in [5.74, 6) is 0. The van der Waals surface area contributed by atoms with E-state index in [1.807, 2.05) is 0 Å². The molecule has 0 aliphatic rings. The summed E-state index contributed by atoms with van der Waals surface area (Å²) in [6.07, 6.45) is -1.08. The quantitative estimate of drug-likeness (QED) is 0.0599. The maximum atomic E-state index is 11.8. The summed E-state index contributed by atoms with van der Waals surface area (Å²) < 4.78 is 78.2. The molecule has 336 valence electrons. The Morgan fingerprint density at radius 3 is 1.06 bits per heavy atom. The smallest absolute Gasteiger partial charge is 1.00 e. The van der Waals surface area contributed by atoms with Crippen LogP contribution < -0.4 is 123 Å². The number of halogens is 10. The third-order valence-electron chi connectivity index (χ3n) is 5.29. The van der Waals surface area contributed by atoms with E-state index in [-0.39, 0.29) is 162 Å². The molecule has 5 N–H and O–H groups in total. The van der Waals surface area contributed by atoms with E-state index in [0.29, 0.717) is 16.7 Å². The second-order valence-corrected chi connectivity index (χ2v) is 18.4. The summed E-state index contributed by atoms with van der Waals surface area (Å²) in [5.41, 5.74) is -0.738. The number of rotatable bonds is 7. The van der Waals surface area contributed by atoms with Crippen molar-refractivity contribution in [3.8, 4) is 0 Å². The molecule has 0 spiro atoms. The van der Waals surface area contributed by atoms with Gasteiger partial charge in [0, 0.05) is 11.6 Å². The van der Waals surface area contributed by atoms with Crippen molar-refractivity contribution < 1.29 is 163 Å². The zero-order valence-electron chi connectivity index (χ0n) is 32.9. The van der Waals surface area contributed by atoms with Crippen LogP contribution in [0.5, 0.6) is 0 Å². The van der Waals surface area contributed by atoms with E-state index in [9.17, 15) is 34.8 Å². The van der Waals surface area contributed by atoms with Crippen molar-refractivity contribution in [3.63, 3.8) is 0 Å². The number of nitrogens with one attached hydrogen (secondary N) is 1. The number of primary sulfonamides is 2. The fourth-order valence-electron chi connectivity index (χ4n) is 3.16. The van der Waals surface area contributed by atoms with E-state index < -0.39 is 41.6 Å². The minimum atomic E-state index is -4.13. The van der Waals surface area contributed by atoms with Crippen LogP contribution in [0.25, 0.3) is 0 Å². The van der Waals surface area contributed by atoms with Crippen molar-refractivity contribution in [1.82, 2.24) is 4.72 Å². The van der Waals surface area contributed by atoms with Crippen molar-refractivity contribution in [2.24, 2.45) is 10.3 Å². The molecule has 0 saturated carbocycles. The first-order chi connectivity index (χ1) is 27.6. The van der Waals surface area contributed by atoms with E-state index in [1.54, 1.807) is 48.9 Å². The van der Waals surface area contributed by atoms with Crippen LogP contribution in [0.2, 0.25) is 40.2 Å². The Morgan fingerprint density at radius 2 is 0.887 bits per heavy atom. The van der Waals surface area contributed by atoms with Crippen molar-refractivity contribution in [2.75, 3.05) is 13.2 Å². The Morgan fingerprint density at radius 1 is 0.629 bits per heavy atom. The summed E-state index contributed by atoms with van der Waals surface area (Å²) in [4.78, 5) is 31.1. The van der Waals surface area contributed by atoms with Crippen LogP contribution in [0.15, 0.2) is 92.0 Å². The molecule has 0 saturated heterocycles. The fourth-order valence-corrected chi connectivity index (χ4v) is 9.41. The fraction of sp³-hybridized carbons (Fsp3) is 0.129. The van der Waals surface area contributed by atoms with Crippen molar-refractivity contribution >= 4 is 168 Å². The van der Waals surface area contributed by atoms with Crippen LogP contribution in [0, 0.1) is 0 Å². The second-order valence-electron chi connectivity index (χ2n) is 9.47. The maximum Gasteiger partial charge on any atom is 1.00 e. The zero-order valence-corrected chi connectivity index (χ0v) is 49.0. The normalized spacial score (nSPS) is 9.98. The number of ether oxygens (including phenoxy) is 2. The molecule has 0 heterocycles. The molecule has 31 heteroatoms. The van der Waals surface area contributed by atoms with Gasteiger partial charge in [-0.15, -0.1) is 0 Å². The molecule has 0 atom stereocenters. The Hall–Kier alpha value is 1.18. The molecule has 1 amide bonds. The molecule has 16 nitrogen and oxygen atoms in total. The Labute approximate surface area is 497 Å². The van der Waals surface area contributed by atoms with Crippen molar-refractivity contribution in [1.29, 1.82) is 0 Å². The molecule has 0 aromatic heterocycles. The van der Waals surface area contributed by atoms with Crippen molar-refractivity contribution in [3.05, 3.63) is 117 Å². The van der Waals surface area contributed by atoms with Gasteiger partial charge in [0.05, 0.1) is 57.9 Å². The van der Waals surface area contributed by atoms with Gasteiger partial charge in [0.1, 0.15) is 14.7 Å². The zero-order chi connectivity index (χ0) is 47.0. The number of hydrogen-bond acceptors (Lipinski definition) is 13. The number of benzene rings is 4. The minimum Gasteiger partial charge on any atom is -1.00 e. The van der Waals surface area contributed by atoms with Gasteiger partial charge in [-0.05, 0) is 78.3 Å². The third-order valence-corrected chi connectivity index (χ3v) is 13.3. The van der Waals surface area contributed by atoms with Gasteiger partial charge in [-0.2, -0.15) is 0 Å². The van der Waals surface area contributed by atoms with E-state index in [0.717, 1.165) is 4.47 Å². The summed E-state index contributed by atoms with van der Waals surface area (Å²) in [5, 5.41) is 19.4. The molecule has 4 aromatic rings. The second kappa shape index (κ2) is 36.2. The summed E-state index contributed by atoms with van der Waals surface area (Å²) >= 11 is 53.0. The van der Waals surface area contributed by atoms with E-state index in [1.165, 1.54) is 42.5 Å². The first kappa shape index (κ1) is 69.8. The van der Waals surface area contributed by atoms with Crippen molar-refractivity contribution in [2.45, 2.75) is 28.5 Å². The summed E-state index contributed by atoms with van der Waals surface area (Å²) in [7, 11) is -11.8. The van der Waals surface area contributed by atoms with Crippen LogP contribution in [-0.2, 0) is 49.2 Å². The van der Waals surface area contributed by atoms with Crippen LogP contribution >= 0.6 is 120 Å². The number of hydrogen-bond donors (Lipinski definition) is 3. The Bertz CT molecular complexity index is 2250. The molecule has 0 bridgehead atoms. The number of amides is 1. The van der Waals surface area contributed by atoms with E-state index >= 15 is 0 Å². The predicted octanol–water partition coefficient (Wildman–Crippen LogP) is 3.40. The van der Waals surface area contributed by atoms with Crippen LogP contribution in [0.1, 0.15) is 15.3 Å². The van der Waals surface area contributed by atoms with Gasteiger partial charge in [0.15, 0.2) is 0 Å². The summed E-state index contributed by atoms with van der Waals surface area (Å²) in [6.45, 7) is 3.47. The van der Waals surface area contributed by atoms with Crippen LogP contribution in [-0.4, -0.2) is 56.5 Å². The first-order valence-corrected chi connectivity index (χ1v) is 23.6. The van der Waals surface area contributed by atoms with Gasteiger partial charge in [-0.1, -0.05) is 117 Å². The predicted molar refractivity (Wildman–Crippen MR) is 235 cm³/mol. The Kier molecular flexibility index (Phi) is 40.7. The van der Waals surface area contributed by atoms with Gasteiger partial charge >= 0.3 is 114 Å². The average Bonchev–Trinajstić information content (AvgIpc) is 3.10. The molecule has 62 heavy (non-hydrogen) atoms. The topological polar surface area (TPSA) is 268 Å². The van der Waals surface area contributed by atoms with Gasteiger partial charge < -0.3 is 21.0 Å². The van der Waals surface area contributed by atoms with Crippen LogP contribution in [0.3, 0.4) is 0 Å². The third kappa shape index (κ3) is 29.2.